The molecule has 0 aliphatic rings. The molecule has 70 valence electrons. The van der Waals surface area contributed by atoms with Crippen LogP contribution in [0.1, 0.15) is 15.9 Å². The molecule has 0 aliphatic carbocycles. The highest BCUT2D eigenvalue weighted by Gasteiger charge is 2.06. The SMILES string of the molecule is O=C([O-])c1cc(Br)c(CO)c(Br)c1. The molecule has 0 unspecified atom stereocenters. The van der Waals surface area contributed by atoms with Crippen LogP contribution in [0.5, 0.6) is 0 Å². The van der Waals surface area contributed by atoms with Crippen molar-refractivity contribution in [1.29, 1.82) is 0 Å². The number of carbonyl (C=O) groups is 1. The summed E-state index contributed by atoms with van der Waals surface area (Å²) in [5.74, 6) is -1.24. The summed E-state index contributed by atoms with van der Waals surface area (Å²) in [7, 11) is 0. The molecule has 0 saturated carbocycles. The highest BCUT2D eigenvalue weighted by molar-refractivity contribution is 9.11. The van der Waals surface area contributed by atoms with Gasteiger partial charge in [-0.3, -0.25) is 0 Å². The van der Waals surface area contributed by atoms with E-state index in [1.807, 2.05) is 0 Å². The Labute approximate surface area is 91.6 Å². The monoisotopic (exact) mass is 307 g/mol. The first-order chi connectivity index (χ1) is 6.06. The van der Waals surface area contributed by atoms with Gasteiger partial charge >= 0.3 is 0 Å². The highest BCUT2D eigenvalue weighted by atomic mass is 79.9. The third-order valence-electron chi connectivity index (χ3n) is 1.53. The van der Waals surface area contributed by atoms with E-state index in [0.29, 0.717) is 14.5 Å². The zero-order chi connectivity index (χ0) is 10.0. The van der Waals surface area contributed by atoms with Crippen molar-refractivity contribution in [3.63, 3.8) is 0 Å². The van der Waals surface area contributed by atoms with Gasteiger partial charge in [0.1, 0.15) is 0 Å². The van der Waals surface area contributed by atoms with Gasteiger partial charge in [0.05, 0.1) is 12.6 Å². The third-order valence-corrected chi connectivity index (χ3v) is 2.95. The van der Waals surface area contributed by atoms with Crippen LogP contribution >= 0.6 is 31.9 Å². The first kappa shape index (κ1) is 10.7. The molecule has 0 amide bonds. The maximum Gasteiger partial charge on any atom is 0.0716 e. The van der Waals surface area contributed by atoms with Crippen molar-refractivity contribution in [3.05, 3.63) is 32.2 Å². The fourth-order valence-electron chi connectivity index (χ4n) is 0.872. The molecule has 0 aromatic heterocycles. The number of hydrogen-bond donors (Lipinski definition) is 1. The quantitative estimate of drug-likeness (QED) is 0.889. The molecular weight excluding hydrogens is 304 g/mol. The summed E-state index contributed by atoms with van der Waals surface area (Å²) in [5, 5.41) is 19.4. The molecule has 0 bridgehead atoms. The minimum atomic E-state index is -1.24. The Morgan fingerprint density at radius 3 is 2.15 bits per heavy atom. The normalized spacial score (nSPS) is 10.1. The Balaban J connectivity index is 3.28. The largest absolute Gasteiger partial charge is 0.545 e. The average molecular weight is 309 g/mol. The molecule has 0 saturated heterocycles. The maximum absolute atomic E-state index is 10.5. The zero-order valence-electron chi connectivity index (χ0n) is 6.38. The van der Waals surface area contributed by atoms with Gasteiger partial charge in [0, 0.05) is 14.5 Å². The van der Waals surface area contributed by atoms with E-state index in [0.717, 1.165) is 0 Å². The third kappa shape index (κ3) is 2.30. The Morgan fingerprint density at radius 1 is 1.38 bits per heavy atom. The lowest BCUT2D eigenvalue weighted by Gasteiger charge is -2.08. The van der Waals surface area contributed by atoms with Gasteiger partial charge in [0.25, 0.3) is 0 Å². The van der Waals surface area contributed by atoms with Gasteiger partial charge in [0.2, 0.25) is 0 Å². The Morgan fingerprint density at radius 2 is 1.85 bits per heavy atom. The number of aliphatic hydroxyl groups is 1. The Kier molecular flexibility index (Phi) is 3.47. The number of aliphatic hydroxyl groups excluding tert-OH is 1. The van der Waals surface area contributed by atoms with E-state index >= 15 is 0 Å². The zero-order valence-corrected chi connectivity index (χ0v) is 9.55. The molecule has 0 atom stereocenters. The minimum absolute atomic E-state index is 0.0657. The van der Waals surface area contributed by atoms with Gasteiger partial charge in [-0.25, -0.2) is 0 Å². The number of hydrogen-bond acceptors (Lipinski definition) is 3. The lowest BCUT2D eigenvalue weighted by Crippen LogP contribution is -2.22. The molecule has 1 aromatic carbocycles. The van der Waals surface area contributed by atoms with Gasteiger partial charge in [-0.05, 0) is 17.7 Å². The van der Waals surface area contributed by atoms with Crippen molar-refractivity contribution >= 4 is 37.8 Å². The summed E-state index contributed by atoms with van der Waals surface area (Å²) >= 11 is 6.29. The predicted octanol–water partition coefficient (Wildman–Crippen LogP) is 1.07. The number of carboxylic acid groups (broad SMARTS) is 1. The Hall–Kier alpha value is -0.390. The van der Waals surface area contributed by atoms with Crippen LogP contribution in [0.25, 0.3) is 0 Å². The molecule has 0 radical (unpaired) electrons. The number of benzene rings is 1. The second-order valence-corrected chi connectivity index (χ2v) is 4.07. The van der Waals surface area contributed by atoms with Crippen LogP contribution in [0.15, 0.2) is 21.1 Å². The van der Waals surface area contributed by atoms with Crippen molar-refractivity contribution in [2.45, 2.75) is 6.61 Å². The van der Waals surface area contributed by atoms with E-state index in [4.69, 9.17) is 5.11 Å². The topological polar surface area (TPSA) is 60.4 Å². The molecule has 13 heavy (non-hydrogen) atoms. The summed E-state index contributed by atoms with van der Waals surface area (Å²) in [5.41, 5.74) is 0.681. The number of aromatic carboxylic acids is 1. The van der Waals surface area contributed by atoms with Gasteiger partial charge in [-0.2, -0.15) is 0 Å². The van der Waals surface area contributed by atoms with E-state index in [1.54, 1.807) is 0 Å². The molecule has 0 spiro atoms. The smallest absolute Gasteiger partial charge is 0.0716 e. The predicted molar refractivity (Wildman–Crippen MR) is 52.1 cm³/mol. The van der Waals surface area contributed by atoms with E-state index in [2.05, 4.69) is 31.9 Å². The summed E-state index contributed by atoms with van der Waals surface area (Å²) < 4.78 is 1.09. The molecule has 1 rings (SSSR count). The molecule has 0 heterocycles. The summed E-state index contributed by atoms with van der Waals surface area (Å²) in [6.07, 6.45) is 0. The van der Waals surface area contributed by atoms with E-state index in [-0.39, 0.29) is 12.2 Å². The van der Waals surface area contributed by atoms with Gasteiger partial charge in [-0.1, -0.05) is 31.9 Å². The second-order valence-electron chi connectivity index (χ2n) is 2.36. The van der Waals surface area contributed by atoms with Gasteiger partial charge < -0.3 is 15.0 Å². The molecule has 0 fully saturated rings. The number of carboxylic acids is 1. The average Bonchev–Trinajstić information content (AvgIpc) is 2.03. The van der Waals surface area contributed by atoms with Gasteiger partial charge in [0.15, 0.2) is 0 Å². The van der Waals surface area contributed by atoms with Crippen LogP contribution in [-0.2, 0) is 6.61 Å². The van der Waals surface area contributed by atoms with Crippen LogP contribution < -0.4 is 5.11 Å². The number of carbonyl (C=O) groups excluding carboxylic acids is 1. The van der Waals surface area contributed by atoms with Crippen molar-refractivity contribution < 1.29 is 15.0 Å². The van der Waals surface area contributed by atoms with Crippen LogP contribution in [0.4, 0.5) is 0 Å². The van der Waals surface area contributed by atoms with Crippen molar-refractivity contribution in [2.75, 3.05) is 0 Å². The molecule has 0 aliphatic heterocycles. The molecule has 5 heteroatoms. The van der Waals surface area contributed by atoms with Crippen molar-refractivity contribution in [3.8, 4) is 0 Å². The standard InChI is InChI=1S/C8H6Br2O3/c9-6-1-4(8(12)13)2-7(10)5(6)3-11/h1-2,11H,3H2,(H,12,13)/p-1. The van der Waals surface area contributed by atoms with Gasteiger partial charge in [-0.15, -0.1) is 0 Å². The van der Waals surface area contributed by atoms with Crippen LogP contribution in [-0.4, -0.2) is 11.1 Å². The Bertz CT molecular complexity index is 326. The van der Waals surface area contributed by atoms with Crippen LogP contribution in [0.2, 0.25) is 0 Å². The first-order valence-corrected chi connectivity index (χ1v) is 4.95. The first-order valence-electron chi connectivity index (χ1n) is 3.36. The van der Waals surface area contributed by atoms with Crippen molar-refractivity contribution in [2.24, 2.45) is 0 Å². The molecule has 3 nitrogen and oxygen atoms in total. The molecule has 1 aromatic rings. The fraction of sp³-hybridized carbons (Fsp3) is 0.125. The van der Waals surface area contributed by atoms with E-state index < -0.39 is 5.97 Å². The number of rotatable bonds is 2. The van der Waals surface area contributed by atoms with E-state index in [9.17, 15) is 9.90 Å². The van der Waals surface area contributed by atoms with Crippen LogP contribution in [0, 0.1) is 0 Å². The molecular formula is C8H5Br2O3-. The minimum Gasteiger partial charge on any atom is -0.545 e. The maximum atomic E-state index is 10.5. The fourth-order valence-corrected chi connectivity index (χ4v) is 2.31. The summed E-state index contributed by atoms with van der Waals surface area (Å²) in [4.78, 5) is 10.5. The summed E-state index contributed by atoms with van der Waals surface area (Å²) in [6, 6.07) is 2.79. The van der Waals surface area contributed by atoms with E-state index in [1.165, 1.54) is 12.1 Å². The molecule has 1 N–H and O–H groups in total. The summed E-state index contributed by atoms with van der Waals surface area (Å²) in [6.45, 7) is -0.158. The highest BCUT2D eigenvalue weighted by Crippen LogP contribution is 2.27. The van der Waals surface area contributed by atoms with Crippen LogP contribution in [0.3, 0.4) is 0 Å². The lowest BCUT2D eigenvalue weighted by molar-refractivity contribution is -0.255. The second kappa shape index (κ2) is 4.21. The lowest BCUT2D eigenvalue weighted by atomic mass is 10.1. The number of halogens is 2. The van der Waals surface area contributed by atoms with Crippen molar-refractivity contribution in [1.82, 2.24) is 0 Å².